The summed E-state index contributed by atoms with van der Waals surface area (Å²) < 4.78 is 5.56. The van der Waals surface area contributed by atoms with Gasteiger partial charge in [-0.05, 0) is 40.5 Å². The molecule has 186 valence electrons. The van der Waals surface area contributed by atoms with E-state index in [1.807, 2.05) is 38.1 Å². The maximum absolute atomic E-state index is 12.4. The van der Waals surface area contributed by atoms with Crippen LogP contribution < -0.4 is 5.32 Å². The van der Waals surface area contributed by atoms with E-state index in [2.05, 4.69) is 29.6 Å². The van der Waals surface area contributed by atoms with Gasteiger partial charge in [-0.3, -0.25) is 4.79 Å². The normalized spacial score (nSPS) is 16.1. The standard InChI is InChI=1S/C27H32N2O6/c1-26(2,12-11-23(30)29-16-27(34,17-29)24(31)32)13-14-28-25(33)35-15-22-20-9-5-3-7-18(20)19-8-4-6-10-21(19)22/h3-10,22,34H,11-17H2,1-2H3,(H,28,33)(H,31,32). The number of β-amino-alcohol motifs (C(OH)–C–C–N with tert-alkyl or cyclic N) is 1. The number of likely N-dealkylation sites (tertiary alicyclic amines) is 1. The number of carboxylic acids is 1. The Labute approximate surface area is 204 Å². The summed E-state index contributed by atoms with van der Waals surface area (Å²) in [6.45, 7) is 4.36. The molecule has 35 heavy (non-hydrogen) atoms. The summed E-state index contributed by atoms with van der Waals surface area (Å²) in [5.74, 6) is -1.47. The fourth-order valence-electron chi connectivity index (χ4n) is 4.78. The number of carbonyl (C=O) groups excluding carboxylic acids is 2. The Hall–Kier alpha value is -3.39. The molecule has 0 radical (unpaired) electrons. The highest BCUT2D eigenvalue weighted by molar-refractivity contribution is 5.85. The summed E-state index contributed by atoms with van der Waals surface area (Å²) in [7, 11) is 0. The van der Waals surface area contributed by atoms with Crippen LogP contribution in [0, 0.1) is 5.41 Å². The molecular formula is C27H32N2O6. The lowest BCUT2D eigenvalue weighted by molar-refractivity contribution is -0.182. The van der Waals surface area contributed by atoms with Crippen molar-refractivity contribution in [2.45, 2.75) is 44.6 Å². The first-order valence-corrected chi connectivity index (χ1v) is 11.9. The Bertz CT molecular complexity index is 1080. The third-order valence-electron chi connectivity index (χ3n) is 7.09. The summed E-state index contributed by atoms with van der Waals surface area (Å²) in [6, 6.07) is 16.4. The van der Waals surface area contributed by atoms with Crippen LogP contribution in [0.2, 0.25) is 0 Å². The Morgan fingerprint density at radius 1 is 1.03 bits per heavy atom. The fourth-order valence-corrected chi connectivity index (χ4v) is 4.78. The SMILES string of the molecule is CC(C)(CCNC(=O)OCC1c2ccccc2-c2ccccc21)CCC(=O)N1CC(O)(C(=O)O)C1. The van der Waals surface area contributed by atoms with Crippen molar-refractivity contribution >= 4 is 18.0 Å². The molecule has 2 aliphatic rings. The molecule has 8 nitrogen and oxygen atoms in total. The second kappa shape index (κ2) is 9.70. The van der Waals surface area contributed by atoms with Crippen molar-refractivity contribution in [2.75, 3.05) is 26.2 Å². The smallest absolute Gasteiger partial charge is 0.407 e. The molecule has 0 unspecified atom stereocenters. The summed E-state index contributed by atoms with van der Waals surface area (Å²) in [6.07, 6.45) is 1.03. The number of rotatable bonds is 9. The molecule has 0 bridgehead atoms. The van der Waals surface area contributed by atoms with Gasteiger partial charge in [-0.2, -0.15) is 0 Å². The molecule has 2 aromatic rings. The molecule has 2 aromatic carbocycles. The van der Waals surface area contributed by atoms with Crippen molar-refractivity contribution in [3.63, 3.8) is 0 Å². The largest absolute Gasteiger partial charge is 0.479 e. The summed E-state index contributed by atoms with van der Waals surface area (Å²) in [5.41, 5.74) is 2.66. The van der Waals surface area contributed by atoms with Gasteiger partial charge in [0.25, 0.3) is 0 Å². The lowest BCUT2D eigenvalue weighted by Gasteiger charge is -2.43. The summed E-state index contributed by atoms with van der Waals surface area (Å²) >= 11 is 0. The number of aliphatic hydroxyl groups is 1. The number of amides is 2. The zero-order valence-electron chi connectivity index (χ0n) is 20.1. The fraction of sp³-hybridized carbons (Fsp3) is 0.444. The lowest BCUT2D eigenvalue weighted by atomic mass is 9.83. The van der Waals surface area contributed by atoms with E-state index in [1.165, 1.54) is 16.0 Å². The van der Waals surface area contributed by atoms with Gasteiger partial charge in [0, 0.05) is 18.9 Å². The second-order valence-corrected chi connectivity index (χ2v) is 10.3. The van der Waals surface area contributed by atoms with Gasteiger partial charge < -0.3 is 25.2 Å². The third-order valence-corrected chi connectivity index (χ3v) is 7.09. The average Bonchev–Trinajstić information content (AvgIpc) is 3.12. The van der Waals surface area contributed by atoms with E-state index in [9.17, 15) is 19.5 Å². The number of benzene rings is 2. The average molecular weight is 481 g/mol. The predicted molar refractivity (Wildman–Crippen MR) is 130 cm³/mol. The van der Waals surface area contributed by atoms with Crippen LogP contribution in [0.15, 0.2) is 48.5 Å². The minimum absolute atomic E-state index is 0.0101. The van der Waals surface area contributed by atoms with Gasteiger partial charge in [0.2, 0.25) is 5.91 Å². The number of aliphatic carboxylic acids is 1. The summed E-state index contributed by atoms with van der Waals surface area (Å²) in [4.78, 5) is 37.0. The number of nitrogens with one attached hydrogen (secondary N) is 1. The van der Waals surface area contributed by atoms with Crippen LogP contribution in [0.4, 0.5) is 4.79 Å². The molecule has 3 N–H and O–H groups in total. The number of hydrogen-bond acceptors (Lipinski definition) is 5. The molecule has 1 aliphatic carbocycles. The number of nitrogens with zero attached hydrogens (tertiary/aromatic N) is 1. The van der Waals surface area contributed by atoms with E-state index < -0.39 is 17.7 Å². The van der Waals surface area contributed by atoms with Crippen LogP contribution in [-0.4, -0.2) is 64.9 Å². The lowest BCUT2D eigenvalue weighted by Crippen LogP contribution is -2.67. The minimum Gasteiger partial charge on any atom is -0.479 e. The van der Waals surface area contributed by atoms with Gasteiger partial charge in [0.15, 0.2) is 5.60 Å². The first-order valence-electron chi connectivity index (χ1n) is 11.9. The molecule has 0 atom stereocenters. The minimum atomic E-state index is -1.82. The van der Waals surface area contributed by atoms with Crippen LogP contribution in [-0.2, 0) is 14.3 Å². The first kappa shape index (κ1) is 24.7. The third kappa shape index (κ3) is 5.32. The van der Waals surface area contributed by atoms with Crippen LogP contribution in [0.5, 0.6) is 0 Å². The Balaban J connectivity index is 1.19. The van der Waals surface area contributed by atoms with E-state index >= 15 is 0 Å². The molecular weight excluding hydrogens is 448 g/mol. The molecule has 1 heterocycles. The van der Waals surface area contributed by atoms with E-state index in [4.69, 9.17) is 9.84 Å². The highest BCUT2D eigenvalue weighted by atomic mass is 16.5. The zero-order chi connectivity index (χ0) is 25.2. The Morgan fingerprint density at radius 2 is 1.60 bits per heavy atom. The number of fused-ring (bicyclic) bond motifs is 3. The van der Waals surface area contributed by atoms with E-state index in [1.54, 1.807) is 0 Å². The van der Waals surface area contributed by atoms with E-state index in [0.717, 1.165) is 11.1 Å². The molecule has 0 spiro atoms. The van der Waals surface area contributed by atoms with Crippen molar-refractivity contribution in [2.24, 2.45) is 5.41 Å². The molecule has 8 heteroatoms. The number of ether oxygens (including phenoxy) is 1. The van der Waals surface area contributed by atoms with Crippen LogP contribution >= 0.6 is 0 Å². The van der Waals surface area contributed by atoms with Crippen molar-refractivity contribution in [1.82, 2.24) is 10.2 Å². The molecule has 1 fully saturated rings. The molecule has 1 aliphatic heterocycles. The maximum atomic E-state index is 12.4. The van der Waals surface area contributed by atoms with Crippen molar-refractivity contribution in [3.05, 3.63) is 59.7 Å². The number of hydrogen-bond donors (Lipinski definition) is 3. The predicted octanol–water partition coefficient (Wildman–Crippen LogP) is 3.38. The topological polar surface area (TPSA) is 116 Å². The van der Waals surface area contributed by atoms with Crippen molar-refractivity contribution < 1.29 is 29.3 Å². The van der Waals surface area contributed by atoms with E-state index in [0.29, 0.717) is 19.4 Å². The van der Waals surface area contributed by atoms with Crippen LogP contribution in [0.1, 0.15) is 50.2 Å². The number of carboxylic acid groups (broad SMARTS) is 1. The van der Waals surface area contributed by atoms with Crippen LogP contribution in [0.25, 0.3) is 11.1 Å². The van der Waals surface area contributed by atoms with Gasteiger partial charge >= 0.3 is 12.1 Å². The number of carbonyl (C=O) groups is 3. The molecule has 0 saturated carbocycles. The van der Waals surface area contributed by atoms with Gasteiger partial charge in [0.05, 0.1) is 13.1 Å². The quantitative estimate of drug-likeness (QED) is 0.507. The van der Waals surface area contributed by atoms with Gasteiger partial charge in [-0.25, -0.2) is 9.59 Å². The maximum Gasteiger partial charge on any atom is 0.407 e. The first-order chi connectivity index (χ1) is 16.6. The van der Waals surface area contributed by atoms with Crippen LogP contribution in [0.3, 0.4) is 0 Å². The van der Waals surface area contributed by atoms with Gasteiger partial charge in [-0.1, -0.05) is 62.4 Å². The highest BCUT2D eigenvalue weighted by Crippen LogP contribution is 2.44. The molecule has 1 saturated heterocycles. The van der Waals surface area contributed by atoms with Crippen molar-refractivity contribution in [1.29, 1.82) is 0 Å². The van der Waals surface area contributed by atoms with E-state index in [-0.39, 0.29) is 43.4 Å². The second-order valence-electron chi connectivity index (χ2n) is 10.3. The monoisotopic (exact) mass is 480 g/mol. The Morgan fingerprint density at radius 3 is 2.17 bits per heavy atom. The highest BCUT2D eigenvalue weighted by Gasteiger charge is 2.49. The zero-order valence-corrected chi connectivity index (χ0v) is 20.1. The Kier molecular flexibility index (Phi) is 6.85. The van der Waals surface area contributed by atoms with Gasteiger partial charge in [0.1, 0.15) is 6.61 Å². The number of alkyl carbamates (subject to hydrolysis) is 1. The summed E-state index contributed by atoms with van der Waals surface area (Å²) in [5, 5.41) is 21.5. The molecule has 0 aromatic heterocycles. The van der Waals surface area contributed by atoms with Crippen molar-refractivity contribution in [3.8, 4) is 11.1 Å². The van der Waals surface area contributed by atoms with Gasteiger partial charge in [-0.15, -0.1) is 0 Å². The molecule has 2 amide bonds. The molecule has 4 rings (SSSR count).